The van der Waals surface area contributed by atoms with Gasteiger partial charge in [-0.15, -0.1) is 0 Å². The van der Waals surface area contributed by atoms with Gasteiger partial charge in [-0.1, -0.05) is 66.7 Å². The fraction of sp³-hybridized carbons (Fsp3) is 0.120. The van der Waals surface area contributed by atoms with Gasteiger partial charge in [-0.05, 0) is 42.7 Å². The first-order valence-electron chi connectivity index (χ1n) is 9.33. The van der Waals surface area contributed by atoms with E-state index >= 15 is 0 Å². The van der Waals surface area contributed by atoms with Crippen molar-refractivity contribution >= 4 is 17.7 Å². The summed E-state index contributed by atoms with van der Waals surface area (Å²) in [5.74, 6) is 0.173. The van der Waals surface area contributed by atoms with E-state index in [1.807, 2.05) is 92.7 Å². The molecule has 0 aliphatic heterocycles. The summed E-state index contributed by atoms with van der Waals surface area (Å²) >= 11 is 0. The Kier molecular flexibility index (Phi) is 6.44. The van der Waals surface area contributed by atoms with E-state index in [0.29, 0.717) is 17.9 Å². The number of para-hydroxylation sites is 2. The van der Waals surface area contributed by atoms with Crippen molar-refractivity contribution in [3.05, 3.63) is 101 Å². The maximum atomic E-state index is 12.7. The number of carbonyl (C=O) groups excluding carboxylic acids is 1. The zero-order valence-electron chi connectivity index (χ0n) is 16.5. The van der Waals surface area contributed by atoms with Gasteiger partial charge >= 0.3 is 0 Å². The Morgan fingerprint density at radius 3 is 2.31 bits per heavy atom. The molecule has 0 saturated heterocycles. The third-order valence-corrected chi connectivity index (χ3v) is 4.54. The number of amides is 1. The minimum atomic E-state index is -0.442. The highest BCUT2D eigenvalue weighted by molar-refractivity contribution is 6.10. The molecule has 0 fully saturated rings. The Bertz CT molecular complexity index is 1060. The van der Waals surface area contributed by atoms with Crippen LogP contribution in [0.5, 0.6) is 5.75 Å². The number of nitrogens with zero attached hydrogens (tertiary/aromatic N) is 1. The summed E-state index contributed by atoms with van der Waals surface area (Å²) in [4.78, 5) is 12.7. The molecule has 0 bridgehead atoms. The summed E-state index contributed by atoms with van der Waals surface area (Å²) < 4.78 is 5.92. The number of benzene rings is 3. The molecular formula is C25H22N2O2. The van der Waals surface area contributed by atoms with E-state index < -0.39 is 5.91 Å². The van der Waals surface area contributed by atoms with Crippen LogP contribution in [0.4, 0.5) is 5.69 Å². The van der Waals surface area contributed by atoms with Crippen molar-refractivity contribution in [2.45, 2.75) is 20.5 Å². The number of rotatable bonds is 6. The van der Waals surface area contributed by atoms with Crippen LogP contribution >= 0.6 is 0 Å². The van der Waals surface area contributed by atoms with Gasteiger partial charge in [-0.2, -0.15) is 5.26 Å². The Hall–Kier alpha value is -3.84. The van der Waals surface area contributed by atoms with Gasteiger partial charge in [-0.25, -0.2) is 0 Å². The predicted octanol–water partition coefficient (Wildman–Crippen LogP) is 5.43. The highest BCUT2D eigenvalue weighted by Gasteiger charge is 2.13. The van der Waals surface area contributed by atoms with Crippen LogP contribution in [0.2, 0.25) is 0 Å². The van der Waals surface area contributed by atoms with E-state index in [2.05, 4.69) is 5.32 Å². The number of aryl methyl sites for hydroxylation is 2. The first-order valence-corrected chi connectivity index (χ1v) is 9.33. The molecule has 1 amide bonds. The van der Waals surface area contributed by atoms with Gasteiger partial charge in [0, 0.05) is 11.3 Å². The topological polar surface area (TPSA) is 62.1 Å². The van der Waals surface area contributed by atoms with Gasteiger partial charge in [0.05, 0.1) is 0 Å². The minimum absolute atomic E-state index is 0.0171. The Balaban J connectivity index is 1.82. The molecule has 1 N–H and O–H groups in total. The summed E-state index contributed by atoms with van der Waals surface area (Å²) in [6, 6.07) is 25.0. The number of hydrogen-bond donors (Lipinski definition) is 1. The Labute approximate surface area is 171 Å². The molecule has 3 rings (SSSR count). The van der Waals surface area contributed by atoms with Crippen molar-refractivity contribution in [3.63, 3.8) is 0 Å². The largest absolute Gasteiger partial charge is 0.488 e. The molecule has 4 heteroatoms. The lowest BCUT2D eigenvalue weighted by molar-refractivity contribution is -0.112. The fourth-order valence-corrected chi connectivity index (χ4v) is 2.96. The van der Waals surface area contributed by atoms with E-state index in [1.165, 1.54) is 0 Å². The second-order valence-electron chi connectivity index (χ2n) is 6.70. The summed E-state index contributed by atoms with van der Waals surface area (Å²) in [6.07, 6.45) is 1.56. The van der Waals surface area contributed by atoms with Crippen molar-refractivity contribution in [2.24, 2.45) is 0 Å². The molecule has 29 heavy (non-hydrogen) atoms. The lowest BCUT2D eigenvalue weighted by Crippen LogP contribution is -2.15. The minimum Gasteiger partial charge on any atom is -0.488 e. The molecule has 3 aromatic rings. The SMILES string of the molecule is Cc1cccc(C)c1NC(=O)/C(C#N)=C/c1ccccc1OCc1ccccc1. The van der Waals surface area contributed by atoms with Crippen molar-refractivity contribution in [2.75, 3.05) is 5.32 Å². The first-order chi connectivity index (χ1) is 14.1. The van der Waals surface area contributed by atoms with Gasteiger partial charge in [0.15, 0.2) is 0 Å². The van der Waals surface area contributed by atoms with Crippen LogP contribution in [0, 0.1) is 25.2 Å². The van der Waals surface area contributed by atoms with E-state index in [9.17, 15) is 10.1 Å². The second kappa shape index (κ2) is 9.38. The van der Waals surface area contributed by atoms with Gasteiger partial charge in [0.2, 0.25) is 0 Å². The number of hydrogen-bond acceptors (Lipinski definition) is 3. The lowest BCUT2D eigenvalue weighted by atomic mass is 10.1. The molecule has 4 nitrogen and oxygen atoms in total. The molecule has 0 unspecified atom stereocenters. The number of ether oxygens (including phenoxy) is 1. The van der Waals surface area contributed by atoms with Gasteiger partial charge in [-0.3, -0.25) is 4.79 Å². The quantitative estimate of drug-likeness (QED) is 0.457. The number of nitrogens with one attached hydrogen (secondary N) is 1. The van der Waals surface area contributed by atoms with Crippen molar-refractivity contribution in [1.29, 1.82) is 5.26 Å². The summed E-state index contributed by atoms with van der Waals surface area (Å²) in [5.41, 5.74) is 4.36. The monoisotopic (exact) mass is 382 g/mol. The lowest BCUT2D eigenvalue weighted by Gasteiger charge is -2.12. The molecule has 0 aliphatic rings. The molecule has 0 aromatic heterocycles. The van der Waals surface area contributed by atoms with Crippen LogP contribution in [-0.2, 0) is 11.4 Å². The number of nitriles is 1. The Morgan fingerprint density at radius 2 is 1.62 bits per heavy atom. The third-order valence-electron chi connectivity index (χ3n) is 4.54. The molecule has 0 radical (unpaired) electrons. The fourth-order valence-electron chi connectivity index (χ4n) is 2.96. The van der Waals surface area contributed by atoms with Gasteiger partial charge < -0.3 is 10.1 Å². The van der Waals surface area contributed by atoms with Crippen LogP contribution in [-0.4, -0.2) is 5.91 Å². The van der Waals surface area contributed by atoms with E-state index in [-0.39, 0.29) is 5.57 Å². The van der Waals surface area contributed by atoms with Crippen LogP contribution in [0.1, 0.15) is 22.3 Å². The average molecular weight is 382 g/mol. The average Bonchev–Trinajstić information content (AvgIpc) is 2.74. The highest BCUT2D eigenvalue weighted by atomic mass is 16.5. The summed E-state index contributed by atoms with van der Waals surface area (Å²) in [5, 5.41) is 12.4. The molecule has 0 spiro atoms. The maximum absolute atomic E-state index is 12.7. The summed E-state index contributed by atoms with van der Waals surface area (Å²) in [6.45, 7) is 4.25. The molecule has 0 saturated carbocycles. The van der Waals surface area contributed by atoms with E-state index in [4.69, 9.17) is 4.74 Å². The van der Waals surface area contributed by atoms with Crippen LogP contribution < -0.4 is 10.1 Å². The Morgan fingerprint density at radius 1 is 0.966 bits per heavy atom. The molecule has 3 aromatic carbocycles. The van der Waals surface area contributed by atoms with Gasteiger partial charge in [0.1, 0.15) is 24.0 Å². The van der Waals surface area contributed by atoms with Gasteiger partial charge in [0.25, 0.3) is 5.91 Å². The molecule has 0 atom stereocenters. The van der Waals surface area contributed by atoms with Crippen molar-refractivity contribution < 1.29 is 9.53 Å². The first kappa shape index (κ1) is 19.9. The van der Waals surface area contributed by atoms with Crippen LogP contribution in [0.3, 0.4) is 0 Å². The number of carbonyl (C=O) groups is 1. The van der Waals surface area contributed by atoms with E-state index in [0.717, 1.165) is 22.4 Å². The van der Waals surface area contributed by atoms with Crippen molar-refractivity contribution in [1.82, 2.24) is 0 Å². The predicted molar refractivity (Wildman–Crippen MR) is 115 cm³/mol. The van der Waals surface area contributed by atoms with Crippen LogP contribution in [0.25, 0.3) is 6.08 Å². The zero-order chi connectivity index (χ0) is 20.6. The molecule has 0 aliphatic carbocycles. The zero-order valence-corrected chi connectivity index (χ0v) is 16.5. The maximum Gasteiger partial charge on any atom is 0.266 e. The second-order valence-corrected chi connectivity index (χ2v) is 6.70. The highest BCUT2D eigenvalue weighted by Crippen LogP contribution is 2.24. The summed E-state index contributed by atoms with van der Waals surface area (Å²) in [7, 11) is 0. The smallest absolute Gasteiger partial charge is 0.266 e. The van der Waals surface area contributed by atoms with Crippen LogP contribution in [0.15, 0.2) is 78.4 Å². The van der Waals surface area contributed by atoms with E-state index in [1.54, 1.807) is 6.08 Å². The third kappa shape index (κ3) is 5.12. The molecule has 144 valence electrons. The number of anilines is 1. The van der Waals surface area contributed by atoms with Crippen molar-refractivity contribution in [3.8, 4) is 11.8 Å². The molecule has 0 heterocycles. The molecular weight excluding hydrogens is 360 g/mol. The standard InChI is InChI=1S/C25H22N2O2/c1-18-9-8-10-19(2)24(18)27-25(28)22(16-26)15-21-13-6-7-14-23(21)29-17-20-11-4-3-5-12-20/h3-15H,17H2,1-2H3,(H,27,28)/b22-15+. The normalized spacial score (nSPS) is 10.9.